The second-order valence-electron chi connectivity index (χ2n) is 20.9. The van der Waals surface area contributed by atoms with Gasteiger partial charge in [0.1, 0.15) is 11.5 Å². The van der Waals surface area contributed by atoms with Crippen LogP contribution in [0.25, 0.3) is 22.3 Å². The predicted molar refractivity (Wildman–Crippen MR) is 300 cm³/mol. The maximum Gasteiger partial charge on any atom is 0.127 e. The highest BCUT2D eigenvalue weighted by molar-refractivity contribution is 5.92. The van der Waals surface area contributed by atoms with Gasteiger partial charge < -0.3 is 9.64 Å². The van der Waals surface area contributed by atoms with Crippen LogP contribution in [0.5, 0.6) is 11.5 Å². The summed E-state index contributed by atoms with van der Waals surface area (Å²) in [5, 5.41) is 0. The number of nitrogens with zero attached hydrogens (tertiary/aromatic N) is 1. The molecule has 2 aliphatic carbocycles. The summed E-state index contributed by atoms with van der Waals surface area (Å²) >= 11 is 0. The van der Waals surface area contributed by atoms with Crippen LogP contribution < -0.4 is 9.64 Å². The van der Waals surface area contributed by atoms with Gasteiger partial charge >= 0.3 is 0 Å². The van der Waals surface area contributed by atoms with Gasteiger partial charge in [-0.15, -0.1) is 0 Å². The average Bonchev–Trinajstić information content (AvgIpc) is 3.87. The summed E-state index contributed by atoms with van der Waals surface area (Å²) in [6.45, 7) is 13.6. The first-order valence-electron chi connectivity index (χ1n) is 25.5. The molecule has 0 amide bonds. The molecule has 1 atom stereocenters. The minimum atomic E-state index is -0.640. The Labute approximate surface area is 425 Å². The molecule has 2 aliphatic rings. The van der Waals surface area contributed by atoms with E-state index in [9.17, 15) is 0 Å². The number of aryl methyl sites for hydroxylation is 2. The molecule has 0 aliphatic heterocycles. The van der Waals surface area contributed by atoms with Crippen LogP contribution in [-0.4, -0.2) is 0 Å². The van der Waals surface area contributed by atoms with Crippen LogP contribution in [0.4, 0.5) is 17.1 Å². The molecule has 0 fully saturated rings. The second kappa shape index (κ2) is 17.6. The zero-order chi connectivity index (χ0) is 49.2. The van der Waals surface area contributed by atoms with Crippen molar-refractivity contribution in [1.29, 1.82) is 0 Å². The molecule has 10 aromatic carbocycles. The SMILES string of the molecule is Cc1cc(C)cc(C2(c3ccc(Oc4ccc(C(C)(C)C(C)C)cc4)cc3)c3ccccc3-c3ccc(N(c4ccccc4)c4ccc5c(c4)C(c4ccccc4)(c4ccccc4)c4ccccc4-5)cc32)c1. The number of fused-ring (bicyclic) bond motifs is 6. The predicted octanol–water partition coefficient (Wildman–Crippen LogP) is 18.2. The second-order valence-corrected chi connectivity index (χ2v) is 20.9. The summed E-state index contributed by atoms with van der Waals surface area (Å²) in [6.07, 6.45) is 0. The van der Waals surface area contributed by atoms with Gasteiger partial charge in [-0.25, -0.2) is 0 Å². The molecular weight excluding hydrogens is 871 g/mol. The summed E-state index contributed by atoms with van der Waals surface area (Å²) in [6, 6.07) is 90.0. The van der Waals surface area contributed by atoms with Crippen molar-refractivity contribution in [2.75, 3.05) is 4.90 Å². The van der Waals surface area contributed by atoms with Crippen molar-refractivity contribution in [2.45, 2.75) is 57.8 Å². The van der Waals surface area contributed by atoms with Crippen LogP contribution in [0, 0.1) is 19.8 Å². The van der Waals surface area contributed by atoms with E-state index in [-0.39, 0.29) is 5.41 Å². The first-order chi connectivity index (χ1) is 35.1. The van der Waals surface area contributed by atoms with Gasteiger partial charge in [0, 0.05) is 17.1 Å². The van der Waals surface area contributed by atoms with Gasteiger partial charge in [0.05, 0.1) is 10.8 Å². The number of ether oxygens (including phenoxy) is 1. The third-order valence-corrected chi connectivity index (χ3v) is 16.2. The van der Waals surface area contributed by atoms with Gasteiger partial charge in [-0.1, -0.05) is 221 Å². The fourth-order valence-corrected chi connectivity index (χ4v) is 12.2. The van der Waals surface area contributed by atoms with Crippen molar-refractivity contribution in [2.24, 2.45) is 5.92 Å². The number of anilines is 3. The highest BCUT2D eigenvalue weighted by atomic mass is 16.5. The Morgan fingerprint density at radius 1 is 0.361 bits per heavy atom. The Kier molecular flexibility index (Phi) is 11.0. The van der Waals surface area contributed by atoms with E-state index in [0.29, 0.717) is 5.92 Å². The van der Waals surface area contributed by atoms with Gasteiger partial charge in [-0.2, -0.15) is 0 Å². The lowest BCUT2D eigenvalue weighted by molar-refractivity contribution is 0.371. The molecule has 0 heterocycles. The van der Waals surface area contributed by atoms with E-state index in [1.54, 1.807) is 0 Å². The van der Waals surface area contributed by atoms with Crippen molar-refractivity contribution < 1.29 is 4.74 Å². The summed E-state index contributed by atoms with van der Waals surface area (Å²) in [7, 11) is 0. The smallest absolute Gasteiger partial charge is 0.127 e. The summed E-state index contributed by atoms with van der Waals surface area (Å²) in [5.74, 6) is 2.15. The quantitative estimate of drug-likeness (QED) is 0.128. The molecule has 2 heteroatoms. The molecule has 0 radical (unpaired) electrons. The highest BCUT2D eigenvalue weighted by Gasteiger charge is 2.48. The molecular formula is C70H59NO. The zero-order valence-electron chi connectivity index (χ0n) is 42.0. The number of hydrogen-bond donors (Lipinski definition) is 0. The Hall–Kier alpha value is -8.20. The summed E-state index contributed by atoms with van der Waals surface area (Å²) in [4.78, 5) is 2.46. The topological polar surface area (TPSA) is 12.5 Å². The molecule has 72 heavy (non-hydrogen) atoms. The fourth-order valence-electron chi connectivity index (χ4n) is 12.2. The van der Waals surface area contributed by atoms with Gasteiger partial charge in [-0.05, 0) is 158 Å². The first kappa shape index (κ1) is 45.0. The van der Waals surface area contributed by atoms with Gasteiger partial charge in [0.15, 0.2) is 0 Å². The monoisotopic (exact) mass is 929 g/mol. The molecule has 0 saturated carbocycles. The Morgan fingerprint density at radius 2 is 0.764 bits per heavy atom. The van der Waals surface area contributed by atoms with Gasteiger partial charge in [0.2, 0.25) is 0 Å². The maximum atomic E-state index is 6.61. The van der Waals surface area contributed by atoms with Crippen molar-refractivity contribution in [3.63, 3.8) is 0 Å². The minimum absolute atomic E-state index is 0.0683. The third kappa shape index (κ3) is 7.07. The molecule has 0 N–H and O–H groups in total. The molecule has 0 aromatic heterocycles. The zero-order valence-corrected chi connectivity index (χ0v) is 42.0. The van der Waals surface area contributed by atoms with Crippen LogP contribution in [0.1, 0.15) is 88.9 Å². The standard InChI is InChI=1S/C70H59NO/c1-47(2)68(5,6)50-30-36-58(37-31-50)72-59-38-32-53(33-39-59)70(54-43-48(3)42-49(4)44-54)65-29-19-17-27-61(65)63-41-35-57(46-67(63)70)71(55-24-14-9-15-25-55)56-34-40-62-60-26-16-18-28-64(60)69(66(62)45-56,51-20-10-7-11-21-51)52-22-12-8-13-23-52/h7-47H,1-6H3. The van der Waals surface area contributed by atoms with E-state index in [0.717, 1.165) is 28.6 Å². The Bertz CT molecular complexity index is 3550. The molecule has 2 nitrogen and oxygen atoms in total. The van der Waals surface area contributed by atoms with Crippen LogP contribution in [0.3, 0.4) is 0 Å². The van der Waals surface area contributed by atoms with E-state index in [4.69, 9.17) is 4.74 Å². The van der Waals surface area contributed by atoms with E-state index < -0.39 is 10.8 Å². The van der Waals surface area contributed by atoms with E-state index >= 15 is 0 Å². The molecule has 350 valence electrons. The van der Waals surface area contributed by atoms with Gasteiger partial charge in [-0.3, -0.25) is 0 Å². The van der Waals surface area contributed by atoms with Gasteiger partial charge in [0.25, 0.3) is 0 Å². The largest absolute Gasteiger partial charge is 0.457 e. The number of rotatable bonds is 11. The van der Waals surface area contributed by atoms with Crippen molar-refractivity contribution in [3.05, 3.63) is 304 Å². The average molecular weight is 930 g/mol. The van der Waals surface area contributed by atoms with Crippen molar-refractivity contribution in [1.82, 2.24) is 0 Å². The van der Waals surface area contributed by atoms with E-state index in [2.05, 4.69) is 289 Å². The van der Waals surface area contributed by atoms with Crippen LogP contribution in [-0.2, 0) is 16.2 Å². The third-order valence-electron chi connectivity index (χ3n) is 16.2. The highest BCUT2D eigenvalue weighted by Crippen LogP contribution is 2.60. The molecule has 0 bridgehead atoms. The van der Waals surface area contributed by atoms with Crippen LogP contribution >= 0.6 is 0 Å². The molecule has 0 saturated heterocycles. The summed E-state index contributed by atoms with van der Waals surface area (Å²) < 4.78 is 6.61. The number of para-hydroxylation sites is 1. The first-order valence-corrected chi connectivity index (χ1v) is 25.5. The normalized spacial score (nSPS) is 15.1. The minimum Gasteiger partial charge on any atom is -0.457 e. The van der Waals surface area contributed by atoms with E-state index in [1.165, 1.54) is 83.5 Å². The number of benzene rings is 10. The molecule has 1 unspecified atom stereocenters. The molecule has 0 spiro atoms. The van der Waals surface area contributed by atoms with Crippen LogP contribution in [0.15, 0.2) is 243 Å². The van der Waals surface area contributed by atoms with Crippen molar-refractivity contribution >= 4 is 17.1 Å². The summed E-state index contributed by atoms with van der Waals surface area (Å²) in [5.41, 5.74) is 21.0. The lowest BCUT2D eigenvalue weighted by Crippen LogP contribution is -2.29. The lowest BCUT2D eigenvalue weighted by Gasteiger charge is -2.36. The van der Waals surface area contributed by atoms with E-state index in [1.807, 2.05) is 0 Å². The Morgan fingerprint density at radius 3 is 1.25 bits per heavy atom. The molecule has 10 aromatic rings. The lowest BCUT2D eigenvalue weighted by atomic mass is 9.67. The van der Waals surface area contributed by atoms with Crippen LogP contribution in [0.2, 0.25) is 0 Å². The number of hydrogen-bond acceptors (Lipinski definition) is 2. The molecule has 12 rings (SSSR count). The maximum absolute atomic E-state index is 6.61. The Balaban J connectivity index is 1.05. The van der Waals surface area contributed by atoms with Crippen molar-refractivity contribution in [3.8, 4) is 33.8 Å². The fraction of sp³-hybridized carbons (Fsp3) is 0.143.